The lowest BCUT2D eigenvalue weighted by Crippen LogP contribution is -2.44. The molecule has 0 unspecified atom stereocenters. The molecule has 1 aliphatic heterocycles. The van der Waals surface area contributed by atoms with Gasteiger partial charge in [-0.2, -0.15) is 0 Å². The lowest BCUT2D eigenvalue weighted by molar-refractivity contribution is 0.0563. The molecule has 1 aromatic carbocycles. The SMILES string of the molecule is CN(C)S(=O)(=O)[C@@H]1CCOC[C@H]1Cc1ccc(Cl)c(Cl)c1. The van der Waals surface area contributed by atoms with Crippen LogP contribution in [-0.4, -0.2) is 45.3 Å². The Kier molecular flexibility index (Phi) is 5.54. The molecule has 1 aliphatic rings. The Bertz CT molecular complexity index is 604. The third-order valence-corrected chi connectivity index (χ3v) is 6.92. The van der Waals surface area contributed by atoms with Gasteiger partial charge >= 0.3 is 0 Å². The van der Waals surface area contributed by atoms with Crippen molar-refractivity contribution < 1.29 is 13.2 Å². The zero-order valence-electron chi connectivity index (χ0n) is 12.1. The first-order valence-corrected chi connectivity index (χ1v) is 9.01. The van der Waals surface area contributed by atoms with Crippen LogP contribution in [-0.2, 0) is 21.2 Å². The van der Waals surface area contributed by atoms with E-state index < -0.39 is 15.3 Å². The summed E-state index contributed by atoms with van der Waals surface area (Å²) in [5.41, 5.74) is 0.971. The molecule has 0 amide bonds. The van der Waals surface area contributed by atoms with Crippen LogP contribution in [0, 0.1) is 5.92 Å². The summed E-state index contributed by atoms with van der Waals surface area (Å²) >= 11 is 11.9. The highest BCUT2D eigenvalue weighted by molar-refractivity contribution is 7.89. The van der Waals surface area contributed by atoms with Crippen LogP contribution in [0.2, 0.25) is 10.0 Å². The Hall–Kier alpha value is -0.330. The molecule has 2 atom stereocenters. The molecule has 4 nitrogen and oxygen atoms in total. The van der Waals surface area contributed by atoms with Gasteiger partial charge < -0.3 is 4.74 Å². The second kappa shape index (κ2) is 6.84. The smallest absolute Gasteiger partial charge is 0.216 e. The zero-order valence-corrected chi connectivity index (χ0v) is 14.4. The Morgan fingerprint density at radius 2 is 2.00 bits per heavy atom. The highest BCUT2D eigenvalue weighted by Gasteiger charge is 2.37. The highest BCUT2D eigenvalue weighted by atomic mass is 35.5. The van der Waals surface area contributed by atoms with Gasteiger partial charge in [-0.1, -0.05) is 29.3 Å². The summed E-state index contributed by atoms with van der Waals surface area (Å²) in [6.07, 6.45) is 1.13. The van der Waals surface area contributed by atoms with E-state index in [1.807, 2.05) is 6.07 Å². The quantitative estimate of drug-likeness (QED) is 0.837. The molecule has 7 heteroatoms. The van der Waals surface area contributed by atoms with Gasteiger partial charge in [-0.15, -0.1) is 0 Å². The van der Waals surface area contributed by atoms with Crippen molar-refractivity contribution in [3.8, 4) is 0 Å². The standard InChI is InChI=1S/C14H19Cl2NO3S/c1-17(2)21(18,19)14-5-6-20-9-11(14)7-10-3-4-12(15)13(16)8-10/h3-4,8,11,14H,5-7,9H2,1-2H3/t11-,14-/m1/s1. The van der Waals surface area contributed by atoms with E-state index in [-0.39, 0.29) is 5.92 Å². The summed E-state index contributed by atoms with van der Waals surface area (Å²) in [5.74, 6) is -0.0802. The van der Waals surface area contributed by atoms with Crippen molar-refractivity contribution >= 4 is 33.2 Å². The number of halogens is 2. The summed E-state index contributed by atoms with van der Waals surface area (Å²) in [6, 6.07) is 5.40. The second-order valence-electron chi connectivity index (χ2n) is 5.44. The average molecular weight is 352 g/mol. The molecule has 0 aromatic heterocycles. The summed E-state index contributed by atoms with van der Waals surface area (Å²) < 4.78 is 31.6. The molecule has 21 heavy (non-hydrogen) atoms. The maximum Gasteiger partial charge on any atom is 0.216 e. The lowest BCUT2D eigenvalue weighted by atomic mass is 9.93. The van der Waals surface area contributed by atoms with Crippen molar-refractivity contribution in [1.82, 2.24) is 4.31 Å². The summed E-state index contributed by atoms with van der Waals surface area (Å²) in [5, 5.41) is 0.561. The van der Waals surface area contributed by atoms with Crippen LogP contribution in [0.1, 0.15) is 12.0 Å². The van der Waals surface area contributed by atoms with E-state index in [0.717, 1.165) is 5.56 Å². The fourth-order valence-electron chi connectivity index (χ4n) is 2.60. The topological polar surface area (TPSA) is 46.6 Å². The van der Waals surface area contributed by atoms with Crippen LogP contribution in [0.5, 0.6) is 0 Å². The average Bonchev–Trinajstić information content (AvgIpc) is 2.43. The van der Waals surface area contributed by atoms with Crippen molar-refractivity contribution in [2.24, 2.45) is 5.92 Å². The van der Waals surface area contributed by atoms with Crippen LogP contribution in [0.25, 0.3) is 0 Å². The van der Waals surface area contributed by atoms with E-state index in [1.54, 1.807) is 26.2 Å². The molecule has 1 fully saturated rings. The maximum absolute atomic E-state index is 12.4. The molecule has 0 bridgehead atoms. The van der Waals surface area contributed by atoms with Gasteiger partial charge in [-0.3, -0.25) is 0 Å². The minimum Gasteiger partial charge on any atom is -0.381 e. The first-order valence-electron chi connectivity index (χ1n) is 6.75. The van der Waals surface area contributed by atoms with Crippen LogP contribution in [0.4, 0.5) is 0 Å². The molecule has 118 valence electrons. The van der Waals surface area contributed by atoms with Gasteiger partial charge in [0.1, 0.15) is 0 Å². The molecule has 1 aromatic rings. The van der Waals surface area contributed by atoms with Crippen molar-refractivity contribution in [3.63, 3.8) is 0 Å². The number of benzene rings is 1. The normalized spacial score (nSPS) is 23.5. The van der Waals surface area contributed by atoms with Gasteiger partial charge in [-0.05, 0) is 30.5 Å². The highest BCUT2D eigenvalue weighted by Crippen LogP contribution is 2.29. The minimum absolute atomic E-state index is 0.0802. The molecule has 0 aliphatic carbocycles. The van der Waals surface area contributed by atoms with Gasteiger partial charge in [0.15, 0.2) is 0 Å². The second-order valence-corrected chi connectivity index (χ2v) is 8.62. The largest absolute Gasteiger partial charge is 0.381 e. The van der Waals surface area contributed by atoms with Gasteiger partial charge in [0.05, 0.1) is 21.9 Å². The molecule has 1 heterocycles. The molecule has 2 rings (SSSR count). The monoisotopic (exact) mass is 351 g/mol. The number of rotatable bonds is 4. The molecule has 0 radical (unpaired) electrons. The van der Waals surface area contributed by atoms with Crippen LogP contribution in [0.15, 0.2) is 18.2 Å². The zero-order chi connectivity index (χ0) is 15.6. The first kappa shape index (κ1) is 17.0. The third kappa shape index (κ3) is 3.90. The van der Waals surface area contributed by atoms with Gasteiger partial charge in [0, 0.05) is 26.6 Å². The maximum atomic E-state index is 12.4. The molecule has 0 N–H and O–H groups in total. The van der Waals surface area contributed by atoms with Crippen LogP contribution < -0.4 is 0 Å². The Morgan fingerprint density at radius 1 is 1.29 bits per heavy atom. The Balaban J connectivity index is 2.21. The molecule has 1 saturated heterocycles. The molecular formula is C14H19Cl2NO3S. The Labute approximate surface area is 136 Å². The fourth-order valence-corrected chi connectivity index (χ4v) is 4.52. The van der Waals surface area contributed by atoms with Gasteiger partial charge in [0.25, 0.3) is 0 Å². The van der Waals surface area contributed by atoms with Gasteiger partial charge in [0.2, 0.25) is 10.0 Å². The summed E-state index contributed by atoms with van der Waals surface area (Å²) in [6.45, 7) is 0.924. The number of hydrogen-bond donors (Lipinski definition) is 0. The minimum atomic E-state index is -3.29. The van der Waals surface area contributed by atoms with E-state index in [2.05, 4.69) is 0 Å². The van der Waals surface area contributed by atoms with Gasteiger partial charge in [-0.25, -0.2) is 12.7 Å². The van der Waals surface area contributed by atoms with E-state index in [9.17, 15) is 8.42 Å². The van der Waals surface area contributed by atoms with E-state index in [0.29, 0.717) is 36.1 Å². The summed E-state index contributed by atoms with van der Waals surface area (Å²) in [4.78, 5) is 0. The van der Waals surface area contributed by atoms with Crippen molar-refractivity contribution in [2.75, 3.05) is 27.3 Å². The predicted molar refractivity (Wildman–Crippen MR) is 85.5 cm³/mol. The number of sulfonamides is 1. The number of nitrogens with zero attached hydrogens (tertiary/aromatic N) is 1. The van der Waals surface area contributed by atoms with E-state index >= 15 is 0 Å². The number of ether oxygens (including phenoxy) is 1. The summed E-state index contributed by atoms with van der Waals surface area (Å²) in [7, 11) is -0.152. The first-order chi connectivity index (χ1) is 9.82. The van der Waals surface area contributed by atoms with E-state index in [4.69, 9.17) is 27.9 Å². The number of hydrogen-bond acceptors (Lipinski definition) is 3. The fraction of sp³-hybridized carbons (Fsp3) is 0.571. The van der Waals surface area contributed by atoms with Crippen LogP contribution in [0.3, 0.4) is 0 Å². The van der Waals surface area contributed by atoms with Crippen molar-refractivity contribution in [2.45, 2.75) is 18.1 Å². The third-order valence-electron chi connectivity index (χ3n) is 3.78. The van der Waals surface area contributed by atoms with Crippen molar-refractivity contribution in [3.05, 3.63) is 33.8 Å². The van der Waals surface area contributed by atoms with Crippen molar-refractivity contribution in [1.29, 1.82) is 0 Å². The molecule has 0 saturated carbocycles. The molecule has 0 spiro atoms. The molecular weight excluding hydrogens is 333 g/mol. The Morgan fingerprint density at radius 3 is 2.62 bits per heavy atom. The van der Waals surface area contributed by atoms with Crippen LogP contribution >= 0.6 is 23.2 Å². The van der Waals surface area contributed by atoms with E-state index in [1.165, 1.54) is 4.31 Å². The lowest BCUT2D eigenvalue weighted by Gasteiger charge is -2.33. The predicted octanol–water partition coefficient (Wildman–Crippen LogP) is 2.83.